The van der Waals surface area contributed by atoms with Gasteiger partial charge in [0.05, 0.1) is 0 Å². The van der Waals surface area contributed by atoms with Crippen LogP contribution >= 0.6 is 0 Å². The molecular weight excluding hydrogens is 258 g/mol. The van der Waals surface area contributed by atoms with E-state index >= 15 is 0 Å². The van der Waals surface area contributed by atoms with Gasteiger partial charge in [-0.1, -0.05) is 32.4 Å². The van der Waals surface area contributed by atoms with E-state index in [9.17, 15) is 0 Å². The van der Waals surface area contributed by atoms with E-state index in [0.29, 0.717) is 18.0 Å². The Morgan fingerprint density at radius 1 is 1.38 bits per heavy atom. The van der Waals surface area contributed by atoms with Gasteiger partial charge in [-0.25, -0.2) is 0 Å². The van der Waals surface area contributed by atoms with Crippen LogP contribution in [-0.4, -0.2) is 30.2 Å². The first kappa shape index (κ1) is 14.3. The van der Waals surface area contributed by atoms with Gasteiger partial charge >= 0.3 is 0 Å². The van der Waals surface area contributed by atoms with Crippen molar-refractivity contribution in [3.63, 3.8) is 0 Å². The average molecular weight is 283 g/mol. The predicted molar refractivity (Wildman–Crippen MR) is 89.8 cm³/mol. The third-order valence-electron chi connectivity index (χ3n) is 4.90. The average Bonchev–Trinajstić information content (AvgIpc) is 2.54. The van der Waals surface area contributed by atoms with E-state index in [-0.39, 0.29) is 0 Å². The van der Waals surface area contributed by atoms with Crippen LogP contribution in [0.5, 0.6) is 0 Å². The summed E-state index contributed by atoms with van der Waals surface area (Å²) in [5.74, 6) is 0.702. The van der Waals surface area contributed by atoms with Crippen LogP contribution in [0.3, 0.4) is 0 Å². The highest BCUT2D eigenvalue weighted by molar-refractivity contribution is 5.93. The predicted octanol–water partition coefficient (Wildman–Crippen LogP) is 3.45. The molecule has 0 aliphatic carbocycles. The van der Waals surface area contributed by atoms with Gasteiger partial charge in [0.1, 0.15) is 0 Å². The summed E-state index contributed by atoms with van der Waals surface area (Å²) in [5.41, 5.74) is 1.32. The lowest BCUT2D eigenvalue weighted by Gasteiger charge is -2.42. The molecule has 1 N–H and O–H groups in total. The van der Waals surface area contributed by atoms with Crippen LogP contribution in [0.4, 0.5) is 5.69 Å². The molecule has 3 heteroatoms. The fourth-order valence-corrected chi connectivity index (χ4v) is 3.24. The van der Waals surface area contributed by atoms with E-state index in [4.69, 9.17) is 0 Å². The Morgan fingerprint density at radius 2 is 2.24 bits per heavy atom. The van der Waals surface area contributed by atoms with Crippen molar-refractivity contribution in [2.75, 3.05) is 18.0 Å². The van der Waals surface area contributed by atoms with Crippen molar-refractivity contribution in [2.45, 2.75) is 39.3 Å². The smallest absolute Gasteiger partial charge is 0.0464 e. The molecule has 21 heavy (non-hydrogen) atoms. The molecule has 0 amide bonds. The van der Waals surface area contributed by atoms with Crippen molar-refractivity contribution in [2.24, 2.45) is 5.92 Å². The maximum atomic E-state index is 4.32. The Morgan fingerprint density at radius 3 is 3.05 bits per heavy atom. The molecular formula is C18H25N3. The highest BCUT2D eigenvalue weighted by Gasteiger charge is 2.28. The SMILES string of the molecule is CCC(C)C1CN(c2cccc3ccncc23)C(C)CN1. The fourth-order valence-electron chi connectivity index (χ4n) is 3.24. The van der Waals surface area contributed by atoms with Crippen LogP contribution in [0.2, 0.25) is 0 Å². The summed E-state index contributed by atoms with van der Waals surface area (Å²) >= 11 is 0. The summed E-state index contributed by atoms with van der Waals surface area (Å²) in [6.45, 7) is 9.04. The summed E-state index contributed by atoms with van der Waals surface area (Å²) in [6, 6.07) is 9.73. The number of nitrogens with zero attached hydrogens (tertiary/aromatic N) is 2. The van der Waals surface area contributed by atoms with Crippen LogP contribution < -0.4 is 10.2 Å². The summed E-state index contributed by atoms with van der Waals surface area (Å²) in [4.78, 5) is 6.87. The van der Waals surface area contributed by atoms with E-state index in [1.54, 1.807) is 0 Å². The van der Waals surface area contributed by atoms with Gasteiger partial charge in [0, 0.05) is 48.6 Å². The lowest BCUT2D eigenvalue weighted by atomic mass is 9.95. The first-order valence-electron chi connectivity index (χ1n) is 8.03. The third kappa shape index (κ3) is 2.75. The van der Waals surface area contributed by atoms with Crippen molar-refractivity contribution >= 4 is 16.5 Å². The molecule has 3 rings (SSSR count). The molecule has 1 aromatic carbocycles. The van der Waals surface area contributed by atoms with E-state index in [0.717, 1.165) is 13.1 Å². The summed E-state index contributed by atoms with van der Waals surface area (Å²) in [7, 11) is 0. The first-order chi connectivity index (χ1) is 10.2. The van der Waals surface area contributed by atoms with Crippen LogP contribution in [0.25, 0.3) is 10.8 Å². The van der Waals surface area contributed by atoms with Crippen molar-refractivity contribution in [1.82, 2.24) is 10.3 Å². The number of anilines is 1. The summed E-state index contributed by atoms with van der Waals surface area (Å²) in [6.07, 6.45) is 5.09. The summed E-state index contributed by atoms with van der Waals surface area (Å²) in [5, 5.41) is 6.24. The van der Waals surface area contributed by atoms with E-state index in [1.807, 2.05) is 12.4 Å². The number of aromatic nitrogens is 1. The molecule has 3 nitrogen and oxygen atoms in total. The molecule has 1 aliphatic rings. The van der Waals surface area contributed by atoms with Crippen LogP contribution in [0, 0.1) is 5.92 Å². The van der Waals surface area contributed by atoms with Crippen LogP contribution in [0.15, 0.2) is 36.7 Å². The van der Waals surface area contributed by atoms with Gasteiger partial charge in [-0.05, 0) is 30.4 Å². The topological polar surface area (TPSA) is 28.2 Å². The van der Waals surface area contributed by atoms with Crippen molar-refractivity contribution in [3.05, 3.63) is 36.7 Å². The first-order valence-corrected chi connectivity index (χ1v) is 8.03. The standard InChI is InChI=1S/C18H25N3/c1-4-13(2)17-12-21(14(3)10-20-17)18-7-5-6-15-8-9-19-11-16(15)18/h5-9,11,13-14,17,20H,4,10,12H2,1-3H3. The van der Waals surface area contributed by atoms with Crippen LogP contribution in [-0.2, 0) is 0 Å². The van der Waals surface area contributed by atoms with Gasteiger partial charge in [0.25, 0.3) is 0 Å². The van der Waals surface area contributed by atoms with E-state index in [1.165, 1.54) is 22.9 Å². The zero-order chi connectivity index (χ0) is 14.8. The normalized spacial score (nSPS) is 24.2. The number of hydrogen-bond acceptors (Lipinski definition) is 3. The maximum Gasteiger partial charge on any atom is 0.0464 e. The molecule has 1 fully saturated rings. The number of pyridine rings is 1. The number of benzene rings is 1. The molecule has 1 aliphatic heterocycles. The minimum absolute atomic E-state index is 0.510. The quantitative estimate of drug-likeness (QED) is 0.935. The van der Waals surface area contributed by atoms with Gasteiger partial charge in [0.15, 0.2) is 0 Å². The second-order valence-corrected chi connectivity index (χ2v) is 6.28. The van der Waals surface area contributed by atoms with Gasteiger partial charge in [-0.2, -0.15) is 0 Å². The monoisotopic (exact) mass is 283 g/mol. The number of nitrogens with one attached hydrogen (secondary N) is 1. The Labute approximate surface area is 127 Å². The molecule has 1 saturated heterocycles. The van der Waals surface area contributed by atoms with Gasteiger partial charge in [-0.3, -0.25) is 4.98 Å². The molecule has 0 saturated carbocycles. The summed E-state index contributed by atoms with van der Waals surface area (Å²) < 4.78 is 0. The zero-order valence-corrected chi connectivity index (χ0v) is 13.2. The van der Waals surface area contributed by atoms with Gasteiger partial charge in [-0.15, -0.1) is 0 Å². The van der Waals surface area contributed by atoms with Crippen LogP contribution in [0.1, 0.15) is 27.2 Å². The molecule has 3 atom stereocenters. The van der Waals surface area contributed by atoms with Crippen molar-refractivity contribution in [1.29, 1.82) is 0 Å². The number of rotatable bonds is 3. The molecule has 0 radical (unpaired) electrons. The Balaban J connectivity index is 1.96. The Kier molecular flexibility index (Phi) is 4.11. The number of piperazine rings is 1. The highest BCUT2D eigenvalue weighted by Crippen LogP contribution is 2.29. The minimum Gasteiger partial charge on any atom is -0.365 e. The molecule has 2 heterocycles. The van der Waals surface area contributed by atoms with E-state index < -0.39 is 0 Å². The largest absolute Gasteiger partial charge is 0.365 e. The van der Waals surface area contributed by atoms with Crippen molar-refractivity contribution < 1.29 is 0 Å². The molecule has 1 aromatic heterocycles. The second kappa shape index (κ2) is 6.02. The molecule has 0 spiro atoms. The van der Waals surface area contributed by atoms with Gasteiger partial charge in [0.2, 0.25) is 0 Å². The Bertz CT molecular complexity index is 605. The fraction of sp³-hybridized carbons (Fsp3) is 0.500. The number of hydrogen-bond donors (Lipinski definition) is 1. The van der Waals surface area contributed by atoms with E-state index in [2.05, 4.69) is 60.2 Å². The minimum atomic E-state index is 0.510. The lowest BCUT2D eigenvalue weighted by molar-refractivity contribution is 0.316. The number of fused-ring (bicyclic) bond motifs is 1. The molecule has 2 aromatic rings. The lowest BCUT2D eigenvalue weighted by Crippen LogP contribution is -2.57. The second-order valence-electron chi connectivity index (χ2n) is 6.28. The zero-order valence-electron chi connectivity index (χ0n) is 13.2. The maximum absolute atomic E-state index is 4.32. The molecule has 0 bridgehead atoms. The Hall–Kier alpha value is -1.61. The highest BCUT2D eigenvalue weighted by atomic mass is 15.2. The third-order valence-corrected chi connectivity index (χ3v) is 4.90. The molecule has 3 unspecified atom stereocenters. The molecule has 112 valence electrons. The van der Waals surface area contributed by atoms with Gasteiger partial charge < -0.3 is 10.2 Å². The van der Waals surface area contributed by atoms with Crippen molar-refractivity contribution in [3.8, 4) is 0 Å².